The van der Waals surface area contributed by atoms with Gasteiger partial charge < -0.3 is 28.3 Å². The number of ketones is 1. The Morgan fingerprint density at radius 3 is 2.31 bits per heavy atom. The molecular formula is C31H46N4O6Si. The molecule has 0 saturated carbocycles. The van der Waals surface area contributed by atoms with Crippen LogP contribution in [-0.2, 0) is 16.2 Å². The van der Waals surface area contributed by atoms with E-state index in [-0.39, 0.29) is 5.78 Å². The lowest BCUT2D eigenvalue weighted by Gasteiger charge is -2.30. The first-order valence-electron chi connectivity index (χ1n) is 14.6. The Morgan fingerprint density at radius 1 is 1.05 bits per heavy atom. The van der Waals surface area contributed by atoms with Gasteiger partial charge in [0.2, 0.25) is 5.75 Å². The summed E-state index contributed by atoms with van der Waals surface area (Å²) in [5.41, 5.74) is 2.46. The zero-order valence-corrected chi connectivity index (χ0v) is 27.4. The summed E-state index contributed by atoms with van der Waals surface area (Å²) in [6.07, 6.45) is 4.29. The fourth-order valence-corrected chi connectivity index (χ4v) is 5.72. The normalized spacial score (nSPS) is 14.8. The molecule has 4 rings (SSSR count). The number of carbonyl (C=O) groups is 1. The molecule has 0 bridgehead atoms. The Labute approximate surface area is 250 Å². The second kappa shape index (κ2) is 13.5. The molecule has 3 aromatic rings. The van der Waals surface area contributed by atoms with Gasteiger partial charge >= 0.3 is 0 Å². The van der Waals surface area contributed by atoms with Gasteiger partial charge in [-0.2, -0.15) is 0 Å². The molecule has 0 amide bonds. The molecule has 1 saturated heterocycles. The molecule has 230 valence electrons. The predicted octanol–water partition coefficient (Wildman–Crippen LogP) is 5.37. The third-order valence-corrected chi connectivity index (χ3v) is 9.47. The Bertz CT molecular complexity index is 1350. The van der Waals surface area contributed by atoms with Crippen molar-refractivity contribution >= 4 is 25.0 Å². The fourth-order valence-electron chi connectivity index (χ4n) is 4.97. The van der Waals surface area contributed by atoms with Gasteiger partial charge in [-0.25, -0.2) is 9.97 Å². The molecule has 1 fully saturated rings. The van der Waals surface area contributed by atoms with Crippen LogP contribution in [0.15, 0.2) is 24.5 Å². The van der Waals surface area contributed by atoms with Gasteiger partial charge in [0, 0.05) is 44.9 Å². The molecule has 2 aromatic heterocycles. The first kappa shape index (κ1) is 31.9. The standard InChI is InChI=1S/C31H46N4O6Si/c1-31(2,9-10-34-11-13-40-14-12-34)29(36)23-20-35(21-41-15-16-42(6,7)8)30-27(23)33-24(19-32-30)22-17-25(37-3)28(39-5)26(18-22)38-4/h17-20H,9-16,21H2,1-8H3. The third kappa shape index (κ3) is 7.50. The molecule has 0 N–H and O–H groups in total. The maximum Gasteiger partial charge on any atom is 0.203 e. The molecule has 0 atom stereocenters. The minimum atomic E-state index is -1.24. The molecule has 0 radical (unpaired) electrons. The van der Waals surface area contributed by atoms with Crippen LogP contribution in [0.25, 0.3) is 22.4 Å². The number of benzene rings is 1. The number of nitrogens with zero attached hydrogens (tertiary/aromatic N) is 4. The van der Waals surface area contributed by atoms with Gasteiger partial charge in [-0.15, -0.1) is 0 Å². The van der Waals surface area contributed by atoms with Crippen molar-refractivity contribution in [2.24, 2.45) is 5.41 Å². The molecular weight excluding hydrogens is 552 g/mol. The highest BCUT2D eigenvalue weighted by atomic mass is 28.3. The van der Waals surface area contributed by atoms with Gasteiger partial charge in [0.25, 0.3) is 0 Å². The summed E-state index contributed by atoms with van der Waals surface area (Å²) < 4.78 is 30.1. The van der Waals surface area contributed by atoms with Gasteiger partial charge in [-0.05, 0) is 31.1 Å². The number of hydrogen-bond donors (Lipinski definition) is 0. The molecule has 3 heterocycles. The molecule has 42 heavy (non-hydrogen) atoms. The highest BCUT2D eigenvalue weighted by Crippen LogP contribution is 2.41. The van der Waals surface area contributed by atoms with E-state index in [4.69, 9.17) is 33.7 Å². The summed E-state index contributed by atoms with van der Waals surface area (Å²) in [6, 6.07) is 4.73. The maximum absolute atomic E-state index is 14.1. The fraction of sp³-hybridized carbons (Fsp3) is 0.581. The van der Waals surface area contributed by atoms with Crippen LogP contribution in [0.1, 0.15) is 30.6 Å². The number of hydrogen-bond acceptors (Lipinski definition) is 9. The summed E-state index contributed by atoms with van der Waals surface area (Å²) >= 11 is 0. The lowest BCUT2D eigenvalue weighted by Crippen LogP contribution is -2.39. The van der Waals surface area contributed by atoms with Crippen molar-refractivity contribution in [3.05, 3.63) is 30.1 Å². The number of Topliss-reactive ketones (excluding diaryl/α,β-unsaturated/α-hetero) is 1. The van der Waals surface area contributed by atoms with Crippen molar-refractivity contribution in [2.45, 2.75) is 52.7 Å². The topological polar surface area (TPSA) is 97.2 Å². The smallest absolute Gasteiger partial charge is 0.203 e. The van der Waals surface area contributed by atoms with Crippen LogP contribution in [0.2, 0.25) is 25.7 Å². The van der Waals surface area contributed by atoms with Crippen LogP contribution < -0.4 is 14.2 Å². The van der Waals surface area contributed by atoms with Crippen LogP contribution >= 0.6 is 0 Å². The lowest BCUT2D eigenvalue weighted by molar-refractivity contribution is 0.0323. The van der Waals surface area contributed by atoms with E-state index in [1.165, 1.54) is 0 Å². The van der Waals surface area contributed by atoms with E-state index in [1.807, 2.05) is 36.7 Å². The number of aromatic nitrogens is 3. The van der Waals surface area contributed by atoms with Crippen molar-refractivity contribution in [2.75, 3.05) is 60.8 Å². The zero-order valence-electron chi connectivity index (χ0n) is 26.4. The first-order valence-corrected chi connectivity index (χ1v) is 18.3. The van der Waals surface area contributed by atoms with Crippen LogP contribution in [-0.4, -0.2) is 94.1 Å². The molecule has 1 aliphatic heterocycles. The summed E-state index contributed by atoms with van der Waals surface area (Å²) in [4.78, 5) is 26.3. The number of carbonyl (C=O) groups excluding carboxylic acids is 1. The SMILES string of the molecule is COc1cc(-c2cnc3c(n2)c(C(=O)C(C)(C)CCN2CCOCC2)cn3COCC[Si](C)(C)C)cc(OC)c1OC. The molecule has 11 heteroatoms. The van der Waals surface area contributed by atoms with Gasteiger partial charge in [-0.3, -0.25) is 9.69 Å². The number of fused-ring (bicyclic) bond motifs is 1. The minimum absolute atomic E-state index is 0.0398. The van der Waals surface area contributed by atoms with Crippen LogP contribution in [0, 0.1) is 5.41 Å². The van der Waals surface area contributed by atoms with Crippen LogP contribution in [0.5, 0.6) is 17.2 Å². The highest BCUT2D eigenvalue weighted by molar-refractivity contribution is 6.76. The minimum Gasteiger partial charge on any atom is -0.493 e. The van der Waals surface area contributed by atoms with Crippen molar-refractivity contribution in [1.29, 1.82) is 0 Å². The largest absolute Gasteiger partial charge is 0.493 e. The van der Waals surface area contributed by atoms with Crippen molar-refractivity contribution in [3.63, 3.8) is 0 Å². The van der Waals surface area contributed by atoms with E-state index >= 15 is 0 Å². The van der Waals surface area contributed by atoms with E-state index in [9.17, 15) is 4.79 Å². The molecule has 0 spiro atoms. The third-order valence-electron chi connectivity index (χ3n) is 7.77. The second-order valence-corrected chi connectivity index (χ2v) is 18.2. The number of methoxy groups -OCH3 is 3. The Hall–Kier alpha value is -2.99. The van der Waals surface area contributed by atoms with Gasteiger partial charge in [-0.1, -0.05) is 33.5 Å². The maximum atomic E-state index is 14.1. The summed E-state index contributed by atoms with van der Waals surface area (Å²) in [5.74, 6) is 1.57. The van der Waals surface area contributed by atoms with Gasteiger partial charge in [0.05, 0.1) is 52.0 Å². The summed E-state index contributed by atoms with van der Waals surface area (Å²) in [6.45, 7) is 16.1. The number of ether oxygens (including phenoxy) is 5. The first-order chi connectivity index (χ1) is 20.0. The Kier molecular flexibility index (Phi) is 10.3. The predicted molar refractivity (Wildman–Crippen MR) is 167 cm³/mol. The average molecular weight is 599 g/mol. The zero-order chi connectivity index (χ0) is 30.5. The lowest BCUT2D eigenvalue weighted by atomic mass is 9.81. The van der Waals surface area contributed by atoms with E-state index < -0.39 is 13.5 Å². The van der Waals surface area contributed by atoms with Crippen molar-refractivity contribution < 1.29 is 28.5 Å². The van der Waals surface area contributed by atoms with Crippen LogP contribution in [0.3, 0.4) is 0 Å². The monoisotopic (exact) mass is 598 g/mol. The molecule has 1 aliphatic rings. The number of morpholine rings is 1. The van der Waals surface area contributed by atoms with Gasteiger partial charge in [0.1, 0.15) is 12.2 Å². The molecule has 10 nitrogen and oxygen atoms in total. The molecule has 0 unspecified atom stereocenters. The van der Waals surface area contributed by atoms with Crippen molar-refractivity contribution in [1.82, 2.24) is 19.4 Å². The molecule has 0 aliphatic carbocycles. The van der Waals surface area contributed by atoms with E-state index in [1.54, 1.807) is 27.5 Å². The molecule has 1 aromatic carbocycles. The van der Waals surface area contributed by atoms with E-state index in [2.05, 4.69) is 24.5 Å². The Morgan fingerprint density at radius 2 is 1.71 bits per heavy atom. The quantitative estimate of drug-likeness (QED) is 0.138. The van der Waals surface area contributed by atoms with Crippen LogP contribution in [0.4, 0.5) is 0 Å². The summed E-state index contributed by atoms with van der Waals surface area (Å²) in [5, 5.41) is 0. The van der Waals surface area contributed by atoms with E-state index in [0.29, 0.717) is 53.0 Å². The Balaban J connectivity index is 1.71. The number of rotatable bonds is 14. The summed E-state index contributed by atoms with van der Waals surface area (Å²) in [7, 11) is 3.49. The van der Waals surface area contributed by atoms with Crippen molar-refractivity contribution in [3.8, 4) is 28.5 Å². The second-order valence-electron chi connectivity index (χ2n) is 12.6. The highest BCUT2D eigenvalue weighted by Gasteiger charge is 2.33. The van der Waals surface area contributed by atoms with Gasteiger partial charge in [0.15, 0.2) is 22.9 Å². The van der Waals surface area contributed by atoms with E-state index in [0.717, 1.165) is 50.9 Å². The average Bonchev–Trinajstić information content (AvgIpc) is 3.34.